The first-order valence-corrected chi connectivity index (χ1v) is 4.94. The first-order valence-electron chi connectivity index (χ1n) is 4.94. The maximum absolute atomic E-state index is 9.66. The minimum Gasteiger partial charge on any atom is -0.213 e. The number of nitrogens with one attached hydrogen (secondary N) is 1. The lowest BCUT2D eigenvalue weighted by Gasteiger charge is -2.08. The molecule has 2 N–H and O–H groups in total. The van der Waals surface area contributed by atoms with Crippen LogP contribution in [0.15, 0.2) is 30.3 Å². The Morgan fingerprint density at radius 2 is 1.85 bits per heavy atom. The Balaban J connectivity index is 2.35. The van der Waals surface area contributed by atoms with Gasteiger partial charge in [0.25, 0.3) is 0 Å². The van der Waals surface area contributed by atoms with Crippen LogP contribution in [0.5, 0.6) is 0 Å². The molecule has 1 atom stereocenters. The van der Waals surface area contributed by atoms with Crippen LogP contribution in [-0.2, 0) is 0 Å². The Hall–Kier alpha value is -0.860. The molecule has 72 valence electrons. The number of hydrogen-bond acceptors (Lipinski definition) is 1. The van der Waals surface area contributed by atoms with Crippen LogP contribution in [0.2, 0.25) is 0 Å². The molecule has 0 aliphatic heterocycles. The topological polar surface area (TPSA) is 24.7 Å². The zero-order valence-corrected chi connectivity index (χ0v) is 8.16. The lowest BCUT2D eigenvalue weighted by Crippen LogP contribution is -3.04. The van der Waals surface area contributed by atoms with Gasteiger partial charge in [0.15, 0.2) is 5.69 Å². The predicted molar refractivity (Wildman–Crippen MR) is 53.2 cm³/mol. The smallest absolute Gasteiger partial charge is 0.163 e. The van der Waals surface area contributed by atoms with Gasteiger partial charge in [0, 0.05) is 12.1 Å². The van der Waals surface area contributed by atoms with Gasteiger partial charge in [-0.1, -0.05) is 31.5 Å². The molecular formula is C11H18NO+. The summed E-state index contributed by atoms with van der Waals surface area (Å²) in [5.74, 6) is 0. The predicted octanol–water partition coefficient (Wildman–Crippen LogP) is 1.78. The molecule has 0 bridgehead atoms. The van der Waals surface area contributed by atoms with Crippen molar-refractivity contribution >= 4 is 5.69 Å². The second-order valence-corrected chi connectivity index (χ2v) is 3.27. The highest BCUT2D eigenvalue weighted by Crippen LogP contribution is 1.98. The first-order chi connectivity index (χ1) is 6.34. The van der Waals surface area contributed by atoms with Crippen molar-refractivity contribution in [2.45, 2.75) is 26.2 Å². The molecule has 1 aromatic carbocycles. The molecule has 1 unspecified atom stereocenters. The molecule has 0 heterocycles. The summed E-state index contributed by atoms with van der Waals surface area (Å²) in [5, 5.41) is 10.2. The third-order valence-electron chi connectivity index (χ3n) is 2.12. The number of hydrogen-bond donors (Lipinski definition) is 2. The van der Waals surface area contributed by atoms with Gasteiger partial charge in [-0.3, -0.25) is 0 Å². The summed E-state index contributed by atoms with van der Waals surface area (Å²) < 4.78 is 0. The molecule has 0 aliphatic carbocycles. The number of quaternary nitrogens is 1. The number of rotatable bonds is 5. The van der Waals surface area contributed by atoms with E-state index in [2.05, 4.69) is 6.92 Å². The molecule has 1 aromatic rings. The van der Waals surface area contributed by atoms with Gasteiger partial charge in [0.2, 0.25) is 0 Å². The zero-order chi connectivity index (χ0) is 9.52. The van der Waals surface area contributed by atoms with Crippen molar-refractivity contribution in [3.63, 3.8) is 0 Å². The lowest BCUT2D eigenvalue weighted by atomic mass is 10.2. The second kappa shape index (κ2) is 5.73. The van der Waals surface area contributed by atoms with Crippen molar-refractivity contribution in [2.24, 2.45) is 0 Å². The molecule has 0 saturated carbocycles. The summed E-state index contributed by atoms with van der Waals surface area (Å²) in [6.07, 6.45) is 3.47. The number of hydroxylamine groups is 1. The van der Waals surface area contributed by atoms with E-state index in [-0.39, 0.29) is 0 Å². The fourth-order valence-corrected chi connectivity index (χ4v) is 1.32. The van der Waals surface area contributed by atoms with Crippen molar-refractivity contribution in [1.29, 1.82) is 0 Å². The zero-order valence-electron chi connectivity index (χ0n) is 8.16. The van der Waals surface area contributed by atoms with E-state index in [0.717, 1.165) is 18.7 Å². The van der Waals surface area contributed by atoms with Gasteiger partial charge in [-0.05, 0) is 12.8 Å². The summed E-state index contributed by atoms with van der Waals surface area (Å²) >= 11 is 0. The van der Waals surface area contributed by atoms with Crippen molar-refractivity contribution in [1.82, 2.24) is 0 Å². The first kappa shape index (κ1) is 10.2. The van der Waals surface area contributed by atoms with Crippen LogP contribution < -0.4 is 5.06 Å². The minimum atomic E-state index is 0.522. The van der Waals surface area contributed by atoms with Gasteiger partial charge in [0.05, 0.1) is 0 Å². The third kappa shape index (κ3) is 3.57. The largest absolute Gasteiger partial charge is 0.213 e. The average Bonchev–Trinajstić information content (AvgIpc) is 2.19. The van der Waals surface area contributed by atoms with Crippen molar-refractivity contribution in [3.05, 3.63) is 30.3 Å². The number of benzene rings is 1. The van der Waals surface area contributed by atoms with E-state index in [1.807, 2.05) is 30.3 Å². The highest BCUT2D eigenvalue weighted by atomic mass is 16.5. The minimum absolute atomic E-state index is 0.522. The van der Waals surface area contributed by atoms with E-state index in [1.54, 1.807) is 0 Å². The Bertz CT molecular complexity index is 223. The van der Waals surface area contributed by atoms with E-state index in [0.29, 0.717) is 5.06 Å². The van der Waals surface area contributed by atoms with Crippen LogP contribution in [0.3, 0.4) is 0 Å². The van der Waals surface area contributed by atoms with E-state index in [1.165, 1.54) is 12.8 Å². The second-order valence-electron chi connectivity index (χ2n) is 3.27. The van der Waals surface area contributed by atoms with Crippen molar-refractivity contribution < 1.29 is 10.3 Å². The Labute approximate surface area is 79.8 Å². The van der Waals surface area contributed by atoms with Crippen LogP contribution in [0.4, 0.5) is 5.69 Å². The number of unbranched alkanes of at least 4 members (excludes halogenated alkanes) is 2. The summed E-state index contributed by atoms with van der Waals surface area (Å²) in [5.41, 5.74) is 0.957. The molecular weight excluding hydrogens is 162 g/mol. The normalized spacial score (nSPS) is 12.8. The van der Waals surface area contributed by atoms with Crippen LogP contribution in [0, 0.1) is 0 Å². The monoisotopic (exact) mass is 180 g/mol. The summed E-state index contributed by atoms with van der Waals surface area (Å²) in [6, 6.07) is 9.75. The molecule has 1 rings (SSSR count). The lowest BCUT2D eigenvalue weighted by molar-refractivity contribution is -1.03. The maximum Gasteiger partial charge on any atom is 0.163 e. The Kier molecular flexibility index (Phi) is 4.50. The van der Waals surface area contributed by atoms with Gasteiger partial charge in [-0.2, -0.15) is 5.06 Å². The molecule has 0 saturated heterocycles. The van der Waals surface area contributed by atoms with E-state index < -0.39 is 0 Å². The van der Waals surface area contributed by atoms with Crippen LogP contribution in [0.25, 0.3) is 0 Å². The van der Waals surface area contributed by atoms with Gasteiger partial charge >= 0.3 is 0 Å². The highest BCUT2D eigenvalue weighted by molar-refractivity contribution is 5.27. The Morgan fingerprint density at radius 3 is 2.46 bits per heavy atom. The molecule has 0 aromatic heterocycles. The molecule has 0 spiro atoms. The quantitative estimate of drug-likeness (QED) is 0.524. The summed E-state index contributed by atoms with van der Waals surface area (Å²) in [6.45, 7) is 2.97. The highest BCUT2D eigenvalue weighted by Gasteiger charge is 2.06. The van der Waals surface area contributed by atoms with E-state index in [4.69, 9.17) is 0 Å². The molecule has 0 amide bonds. The SMILES string of the molecule is CCCCC[NH+](O)c1ccccc1. The van der Waals surface area contributed by atoms with Crippen molar-refractivity contribution in [2.75, 3.05) is 6.54 Å². The summed E-state index contributed by atoms with van der Waals surface area (Å²) in [4.78, 5) is 0. The standard InChI is InChI=1S/C11H17NO/c1-2-3-7-10-12(13)11-8-5-4-6-9-11/h4-6,8-9,13H,2-3,7,10H2,1H3/p+1. The van der Waals surface area contributed by atoms with Crippen molar-refractivity contribution in [3.8, 4) is 0 Å². The summed E-state index contributed by atoms with van der Waals surface area (Å²) in [7, 11) is 0. The fourth-order valence-electron chi connectivity index (χ4n) is 1.32. The van der Waals surface area contributed by atoms with E-state index in [9.17, 15) is 5.21 Å². The van der Waals surface area contributed by atoms with Crippen LogP contribution >= 0.6 is 0 Å². The van der Waals surface area contributed by atoms with Crippen LogP contribution in [0.1, 0.15) is 26.2 Å². The van der Waals surface area contributed by atoms with Gasteiger partial charge in [-0.15, -0.1) is 0 Å². The fraction of sp³-hybridized carbons (Fsp3) is 0.455. The van der Waals surface area contributed by atoms with Crippen LogP contribution in [-0.4, -0.2) is 11.8 Å². The molecule has 0 aliphatic rings. The molecule has 0 radical (unpaired) electrons. The maximum atomic E-state index is 9.66. The molecule has 13 heavy (non-hydrogen) atoms. The molecule has 2 nitrogen and oxygen atoms in total. The van der Waals surface area contributed by atoms with Gasteiger partial charge in [0.1, 0.15) is 6.54 Å². The average molecular weight is 180 g/mol. The third-order valence-corrected chi connectivity index (χ3v) is 2.12. The Morgan fingerprint density at radius 1 is 1.15 bits per heavy atom. The van der Waals surface area contributed by atoms with Gasteiger partial charge in [-0.25, -0.2) is 5.21 Å². The van der Waals surface area contributed by atoms with E-state index >= 15 is 0 Å². The molecule has 0 fully saturated rings. The van der Waals surface area contributed by atoms with Gasteiger partial charge < -0.3 is 0 Å². The molecule has 2 heteroatoms. The number of para-hydroxylation sites is 1.